The average molecular weight is 459 g/mol. The maximum absolute atomic E-state index is 12.7. The zero-order valence-electron chi connectivity index (χ0n) is 20.4. The summed E-state index contributed by atoms with van der Waals surface area (Å²) < 4.78 is 13.4. The SMILES string of the molecule is COC(=O)c1c[nH]c2c1=Cn1c(cc3c(OC)ccc(C4CCCCC4)c31)C1C=2CCCC1C. The Balaban J connectivity index is 1.72. The fraction of sp³-hybridized carbons (Fsp3) is 0.483. The Kier molecular flexibility index (Phi) is 5.31. The number of H-pyrrole nitrogens is 1. The van der Waals surface area contributed by atoms with Crippen LogP contribution in [-0.2, 0) is 4.74 Å². The van der Waals surface area contributed by atoms with E-state index in [1.807, 2.05) is 6.20 Å². The number of benzene rings is 1. The number of methoxy groups -OCH3 is 2. The molecule has 34 heavy (non-hydrogen) atoms. The first-order valence-electron chi connectivity index (χ1n) is 12.8. The molecule has 2 fully saturated rings. The van der Waals surface area contributed by atoms with Gasteiger partial charge in [0.1, 0.15) is 5.75 Å². The standard InChI is InChI=1S/C29H34N2O3/c1-17-8-7-11-20-26(17)24-14-21-25(33-2)13-12-19(18-9-5-4-6-10-18)28(21)31(24)16-23-22(29(32)34-3)15-30-27(20)23/h12-18,26,30H,4-11H2,1-3H3. The van der Waals surface area contributed by atoms with E-state index in [2.05, 4.69) is 40.9 Å². The third kappa shape index (κ3) is 3.16. The zero-order valence-corrected chi connectivity index (χ0v) is 20.4. The van der Waals surface area contributed by atoms with Gasteiger partial charge in [-0.1, -0.05) is 32.3 Å². The smallest absolute Gasteiger partial charge is 0.340 e. The minimum absolute atomic E-state index is 0.292. The van der Waals surface area contributed by atoms with E-state index in [1.165, 1.54) is 79.8 Å². The van der Waals surface area contributed by atoms with Gasteiger partial charge >= 0.3 is 5.97 Å². The van der Waals surface area contributed by atoms with Crippen LogP contribution in [0, 0.1) is 5.92 Å². The summed E-state index contributed by atoms with van der Waals surface area (Å²) >= 11 is 0. The second-order valence-corrected chi connectivity index (χ2v) is 10.4. The van der Waals surface area contributed by atoms with E-state index in [0.717, 1.165) is 22.7 Å². The van der Waals surface area contributed by atoms with Gasteiger partial charge in [0.15, 0.2) is 0 Å². The summed E-state index contributed by atoms with van der Waals surface area (Å²) in [5.41, 5.74) is 6.02. The Hall–Kier alpha value is -2.95. The summed E-state index contributed by atoms with van der Waals surface area (Å²) in [7, 11) is 3.22. The van der Waals surface area contributed by atoms with Gasteiger partial charge < -0.3 is 19.0 Å². The van der Waals surface area contributed by atoms with Crippen molar-refractivity contribution >= 4 is 28.6 Å². The van der Waals surface area contributed by atoms with Crippen molar-refractivity contribution in [1.29, 1.82) is 0 Å². The van der Waals surface area contributed by atoms with Crippen molar-refractivity contribution in [3.63, 3.8) is 0 Å². The molecule has 2 atom stereocenters. The van der Waals surface area contributed by atoms with Crippen LogP contribution in [0.2, 0.25) is 0 Å². The number of fused-ring (bicyclic) bond motifs is 6. The third-order valence-corrected chi connectivity index (χ3v) is 8.56. The van der Waals surface area contributed by atoms with Crippen molar-refractivity contribution in [2.75, 3.05) is 14.2 Å². The van der Waals surface area contributed by atoms with Crippen LogP contribution < -0.4 is 15.3 Å². The van der Waals surface area contributed by atoms with Gasteiger partial charge in [-0.3, -0.25) is 0 Å². The molecule has 2 unspecified atom stereocenters. The van der Waals surface area contributed by atoms with Crippen molar-refractivity contribution in [2.45, 2.75) is 70.1 Å². The highest BCUT2D eigenvalue weighted by atomic mass is 16.5. The quantitative estimate of drug-likeness (QED) is 0.551. The van der Waals surface area contributed by atoms with Crippen molar-refractivity contribution < 1.29 is 14.3 Å². The van der Waals surface area contributed by atoms with Gasteiger partial charge in [-0.15, -0.1) is 0 Å². The van der Waals surface area contributed by atoms with Crippen LogP contribution in [-0.4, -0.2) is 29.7 Å². The Morgan fingerprint density at radius 2 is 1.91 bits per heavy atom. The van der Waals surface area contributed by atoms with Gasteiger partial charge in [-0.25, -0.2) is 4.79 Å². The summed E-state index contributed by atoms with van der Waals surface area (Å²) in [6.07, 6.45) is 13.9. The lowest BCUT2D eigenvalue weighted by Crippen LogP contribution is -2.32. The molecule has 1 aliphatic heterocycles. The highest BCUT2D eigenvalue weighted by Crippen LogP contribution is 2.47. The van der Waals surface area contributed by atoms with Gasteiger partial charge in [0.25, 0.3) is 0 Å². The Bertz CT molecular complexity index is 1390. The number of hydrogen-bond acceptors (Lipinski definition) is 3. The third-order valence-electron chi connectivity index (χ3n) is 8.56. The first-order valence-corrected chi connectivity index (χ1v) is 12.8. The molecule has 3 heterocycles. The molecular weight excluding hydrogens is 424 g/mol. The zero-order chi connectivity index (χ0) is 23.4. The molecule has 5 nitrogen and oxygen atoms in total. The second kappa shape index (κ2) is 8.37. The largest absolute Gasteiger partial charge is 0.496 e. The predicted octanol–water partition coefficient (Wildman–Crippen LogP) is 5.17. The van der Waals surface area contributed by atoms with Gasteiger partial charge in [0.05, 0.1) is 25.3 Å². The lowest BCUT2D eigenvalue weighted by molar-refractivity contribution is 0.0599. The van der Waals surface area contributed by atoms with Crippen LogP contribution in [0.1, 0.15) is 91.7 Å². The number of hydrogen-bond donors (Lipinski definition) is 1. The Morgan fingerprint density at radius 3 is 2.68 bits per heavy atom. The highest BCUT2D eigenvalue weighted by molar-refractivity contribution is 5.94. The molecule has 0 spiro atoms. The van der Waals surface area contributed by atoms with Crippen molar-refractivity contribution in [1.82, 2.24) is 9.55 Å². The van der Waals surface area contributed by atoms with E-state index in [4.69, 9.17) is 9.47 Å². The fourth-order valence-electron chi connectivity index (χ4n) is 6.93. The second-order valence-electron chi connectivity index (χ2n) is 10.4. The molecule has 0 bridgehead atoms. The van der Waals surface area contributed by atoms with Crippen LogP contribution in [0.25, 0.3) is 22.7 Å². The molecule has 0 radical (unpaired) electrons. The van der Waals surface area contributed by atoms with E-state index in [-0.39, 0.29) is 5.97 Å². The molecule has 6 rings (SSSR count). The summed E-state index contributed by atoms with van der Waals surface area (Å²) in [5.74, 6) is 2.04. The number of aromatic amines is 1. The summed E-state index contributed by atoms with van der Waals surface area (Å²) in [5, 5.41) is 3.25. The van der Waals surface area contributed by atoms with Crippen molar-refractivity contribution in [3.05, 3.63) is 51.8 Å². The number of aromatic nitrogens is 2. The Morgan fingerprint density at radius 1 is 1.09 bits per heavy atom. The molecule has 0 amide bonds. The van der Waals surface area contributed by atoms with Crippen molar-refractivity contribution in [3.8, 4) is 5.75 Å². The number of carbonyl (C=O) groups is 1. The number of esters is 1. The highest BCUT2D eigenvalue weighted by Gasteiger charge is 2.34. The maximum atomic E-state index is 12.7. The number of ether oxygens (including phenoxy) is 2. The van der Waals surface area contributed by atoms with Crippen LogP contribution >= 0.6 is 0 Å². The van der Waals surface area contributed by atoms with Crippen LogP contribution in [0.5, 0.6) is 5.75 Å². The summed E-state index contributed by atoms with van der Waals surface area (Å²) in [6, 6.07) is 6.81. The predicted molar refractivity (Wildman–Crippen MR) is 135 cm³/mol. The van der Waals surface area contributed by atoms with Gasteiger partial charge in [0, 0.05) is 40.0 Å². The lowest BCUT2D eigenvalue weighted by atomic mass is 9.75. The number of rotatable bonds is 3. The summed E-state index contributed by atoms with van der Waals surface area (Å²) in [6.45, 7) is 2.38. The molecule has 2 aliphatic carbocycles. The van der Waals surface area contributed by atoms with Crippen LogP contribution in [0.4, 0.5) is 0 Å². The first-order chi connectivity index (χ1) is 16.6. The monoisotopic (exact) mass is 458 g/mol. The Labute approximate surface area is 200 Å². The average Bonchev–Trinajstić information content (AvgIpc) is 3.42. The molecule has 2 aromatic heterocycles. The van der Waals surface area contributed by atoms with Crippen LogP contribution in [0.3, 0.4) is 0 Å². The van der Waals surface area contributed by atoms with E-state index < -0.39 is 0 Å². The molecule has 0 saturated heterocycles. The number of nitrogens with one attached hydrogen (secondary N) is 1. The van der Waals surface area contributed by atoms with E-state index >= 15 is 0 Å². The fourth-order valence-corrected chi connectivity index (χ4v) is 6.93. The molecular formula is C29H34N2O3. The molecule has 1 N–H and O–H groups in total. The van der Waals surface area contributed by atoms with E-state index in [9.17, 15) is 4.79 Å². The van der Waals surface area contributed by atoms with Gasteiger partial charge in [-0.2, -0.15) is 0 Å². The summed E-state index contributed by atoms with van der Waals surface area (Å²) in [4.78, 5) is 16.2. The topological polar surface area (TPSA) is 56.2 Å². The van der Waals surface area contributed by atoms with Gasteiger partial charge in [-0.05, 0) is 67.2 Å². The molecule has 3 aliphatic rings. The molecule has 5 heteroatoms. The van der Waals surface area contributed by atoms with Crippen LogP contribution in [0.15, 0.2) is 24.4 Å². The molecule has 2 saturated carbocycles. The molecule has 1 aromatic carbocycles. The van der Waals surface area contributed by atoms with Gasteiger partial charge in [0.2, 0.25) is 0 Å². The molecule has 178 valence electrons. The maximum Gasteiger partial charge on any atom is 0.340 e. The number of nitrogens with zero attached hydrogens (tertiary/aromatic N) is 1. The van der Waals surface area contributed by atoms with Crippen molar-refractivity contribution in [2.24, 2.45) is 5.92 Å². The van der Waals surface area contributed by atoms with E-state index in [0.29, 0.717) is 23.3 Å². The minimum atomic E-state index is -0.292. The van der Waals surface area contributed by atoms with E-state index in [1.54, 1.807) is 7.11 Å². The lowest BCUT2D eigenvalue weighted by Gasteiger charge is -2.31. The molecule has 3 aromatic rings. The minimum Gasteiger partial charge on any atom is -0.496 e. The number of carbonyl (C=O) groups excluding carboxylic acids is 1. The normalized spacial score (nSPS) is 22.4. The first kappa shape index (κ1) is 21.6.